The first-order valence-electron chi connectivity index (χ1n) is 7.82. The average Bonchev–Trinajstić information content (AvgIpc) is 3.37. The Morgan fingerprint density at radius 1 is 1.04 bits per heavy atom. The summed E-state index contributed by atoms with van der Waals surface area (Å²) in [6.07, 6.45) is 2.08. The number of benzene rings is 2. The van der Waals surface area contributed by atoms with Crippen molar-refractivity contribution < 1.29 is 9.53 Å². The third-order valence-electron chi connectivity index (χ3n) is 3.87. The zero-order valence-electron chi connectivity index (χ0n) is 13.0. The van der Waals surface area contributed by atoms with Crippen LogP contribution in [0.25, 0.3) is 5.69 Å². The zero-order valence-corrected chi connectivity index (χ0v) is 14.5. The van der Waals surface area contributed by atoms with Crippen molar-refractivity contribution in [3.05, 3.63) is 70.2 Å². The van der Waals surface area contributed by atoms with Gasteiger partial charge in [-0.15, -0.1) is 5.10 Å². The SMILES string of the molecule is O=C(Oc1c(Cl)cccc1Cl)c1nc(C2CC2)n(-c2ccccc2)n1. The molecule has 0 amide bonds. The number of para-hydroxylation sites is 2. The highest BCUT2D eigenvalue weighted by Crippen LogP contribution is 2.40. The van der Waals surface area contributed by atoms with Crippen molar-refractivity contribution in [1.29, 1.82) is 0 Å². The first kappa shape index (κ1) is 16.1. The molecule has 126 valence electrons. The highest BCUT2D eigenvalue weighted by molar-refractivity contribution is 6.37. The largest absolute Gasteiger partial charge is 0.417 e. The summed E-state index contributed by atoms with van der Waals surface area (Å²) >= 11 is 12.1. The fraction of sp³-hybridized carbons (Fsp3) is 0.167. The number of aromatic nitrogens is 3. The van der Waals surface area contributed by atoms with Crippen LogP contribution in [0.15, 0.2) is 48.5 Å². The van der Waals surface area contributed by atoms with Crippen LogP contribution in [0.3, 0.4) is 0 Å². The Morgan fingerprint density at radius 2 is 1.72 bits per heavy atom. The molecule has 1 saturated carbocycles. The van der Waals surface area contributed by atoms with Crippen molar-refractivity contribution in [3.63, 3.8) is 0 Å². The molecular formula is C18H13Cl2N3O2. The third kappa shape index (κ3) is 3.25. The van der Waals surface area contributed by atoms with E-state index in [9.17, 15) is 4.79 Å². The Hall–Kier alpha value is -2.37. The molecule has 0 atom stereocenters. The molecule has 0 radical (unpaired) electrons. The third-order valence-corrected chi connectivity index (χ3v) is 4.47. The summed E-state index contributed by atoms with van der Waals surface area (Å²) in [5.41, 5.74) is 0.853. The smallest absolute Gasteiger partial charge is 0.383 e. The topological polar surface area (TPSA) is 57.0 Å². The lowest BCUT2D eigenvalue weighted by Gasteiger charge is -2.05. The molecule has 7 heteroatoms. The van der Waals surface area contributed by atoms with Crippen molar-refractivity contribution >= 4 is 29.2 Å². The monoisotopic (exact) mass is 373 g/mol. The average molecular weight is 374 g/mol. The zero-order chi connectivity index (χ0) is 17.4. The van der Waals surface area contributed by atoms with Gasteiger partial charge in [-0.1, -0.05) is 47.5 Å². The van der Waals surface area contributed by atoms with Crippen LogP contribution in [-0.4, -0.2) is 20.7 Å². The van der Waals surface area contributed by atoms with E-state index in [-0.39, 0.29) is 21.6 Å². The quantitative estimate of drug-likeness (QED) is 0.492. The highest BCUT2D eigenvalue weighted by atomic mass is 35.5. The number of rotatable bonds is 4. The normalized spacial score (nSPS) is 13.7. The summed E-state index contributed by atoms with van der Waals surface area (Å²) in [4.78, 5) is 16.9. The number of ether oxygens (including phenoxy) is 1. The fourth-order valence-electron chi connectivity index (χ4n) is 2.49. The van der Waals surface area contributed by atoms with Gasteiger partial charge in [0.1, 0.15) is 5.82 Å². The molecule has 1 aliphatic carbocycles. The van der Waals surface area contributed by atoms with Crippen molar-refractivity contribution in [2.24, 2.45) is 0 Å². The van der Waals surface area contributed by atoms with Crippen LogP contribution in [0.2, 0.25) is 10.0 Å². The van der Waals surface area contributed by atoms with E-state index in [1.54, 1.807) is 22.9 Å². The maximum Gasteiger partial charge on any atom is 0.383 e. The minimum Gasteiger partial charge on any atom is -0.417 e. The van der Waals surface area contributed by atoms with Gasteiger partial charge < -0.3 is 4.74 Å². The van der Waals surface area contributed by atoms with Crippen molar-refractivity contribution in [2.75, 3.05) is 0 Å². The standard InChI is InChI=1S/C18H13Cl2N3O2/c19-13-7-4-8-14(20)15(13)25-18(24)16-21-17(11-9-10-11)23(22-16)12-5-2-1-3-6-12/h1-8,11H,9-10H2. The summed E-state index contributed by atoms with van der Waals surface area (Å²) in [5.74, 6) is 0.495. The molecule has 5 nitrogen and oxygen atoms in total. The minimum absolute atomic E-state index is 0.0123. The number of hydrogen-bond donors (Lipinski definition) is 0. The van der Waals surface area contributed by atoms with Gasteiger partial charge in [0, 0.05) is 5.92 Å². The van der Waals surface area contributed by atoms with Gasteiger partial charge in [0.05, 0.1) is 15.7 Å². The number of hydrogen-bond acceptors (Lipinski definition) is 4. The van der Waals surface area contributed by atoms with Gasteiger partial charge >= 0.3 is 5.97 Å². The van der Waals surface area contributed by atoms with Crippen molar-refractivity contribution in [3.8, 4) is 11.4 Å². The second kappa shape index (κ2) is 6.50. The number of carbonyl (C=O) groups excluding carboxylic acids is 1. The van der Waals surface area contributed by atoms with Crippen LogP contribution in [0, 0.1) is 0 Å². The molecule has 1 heterocycles. The Morgan fingerprint density at radius 3 is 2.36 bits per heavy atom. The summed E-state index contributed by atoms with van der Waals surface area (Å²) < 4.78 is 7.02. The maximum absolute atomic E-state index is 12.5. The fourth-order valence-corrected chi connectivity index (χ4v) is 2.97. The van der Waals surface area contributed by atoms with Gasteiger partial charge in [-0.3, -0.25) is 0 Å². The van der Waals surface area contributed by atoms with E-state index in [0.717, 1.165) is 24.4 Å². The Bertz CT molecular complexity index is 916. The van der Waals surface area contributed by atoms with Gasteiger partial charge in [0.25, 0.3) is 5.82 Å². The number of halogens is 2. The van der Waals surface area contributed by atoms with Gasteiger partial charge in [-0.05, 0) is 37.1 Å². The summed E-state index contributed by atoms with van der Waals surface area (Å²) in [6, 6.07) is 14.5. The highest BCUT2D eigenvalue weighted by Gasteiger charge is 2.32. The maximum atomic E-state index is 12.5. The van der Waals surface area contributed by atoms with E-state index in [0.29, 0.717) is 5.92 Å². The lowest BCUT2D eigenvalue weighted by molar-refractivity contribution is 0.0722. The molecule has 0 unspecified atom stereocenters. The van der Waals surface area contributed by atoms with Gasteiger partial charge in [-0.25, -0.2) is 14.5 Å². The second-order valence-electron chi connectivity index (χ2n) is 5.76. The molecule has 0 spiro atoms. The molecular weight excluding hydrogens is 361 g/mol. The van der Waals surface area contributed by atoms with E-state index < -0.39 is 5.97 Å². The number of carbonyl (C=O) groups is 1. The molecule has 1 aromatic heterocycles. The predicted molar refractivity (Wildman–Crippen MR) is 94.8 cm³/mol. The molecule has 2 aromatic carbocycles. The van der Waals surface area contributed by atoms with Crippen molar-refractivity contribution in [2.45, 2.75) is 18.8 Å². The molecule has 0 aliphatic heterocycles. The van der Waals surface area contributed by atoms with E-state index in [2.05, 4.69) is 10.1 Å². The molecule has 3 aromatic rings. The van der Waals surface area contributed by atoms with E-state index >= 15 is 0 Å². The van der Waals surface area contributed by atoms with Gasteiger partial charge in [0.15, 0.2) is 5.75 Å². The van der Waals surface area contributed by atoms with E-state index in [1.165, 1.54) is 0 Å². The molecule has 0 bridgehead atoms. The molecule has 0 saturated heterocycles. The predicted octanol–water partition coefficient (Wildman–Crippen LogP) is 4.67. The van der Waals surface area contributed by atoms with Crippen LogP contribution in [-0.2, 0) is 0 Å². The minimum atomic E-state index is -0.688. The van der Waals surface area contributed by atoms with Gasteiger partial charge in [0.2, 0.25) is 0 Å². The van der Waals surface area contributed by atoms with Gasteiger partial charge in [-0.2, -0.15) is 0 Å². The number of nitrogens with zero attached hydrogens (tertiary/aromatic N) is 3. The van der Waals surface area contributed by atoms with Crippen molar-refractivity contribution in [1.82, 2.24) is 14.8 Å². The summed E-state index contributed by atoms with van der Waals surface area (Å²) in [7, 11) is 0. The Kier molecular flexibility index (Phi) is 4.19. The van der Waals surface area contributed by atoms with Crippen LogP contribution in [0.1, 0.15) is 35.2 Å². The Labute approximate surface area is 154 Å². The first-order chi connectivity index (χ1) is 12.1. The number of esters is 1. The first-order valence-corrected chi connectivity index (χ1v) is 8.57. The molecule has 25 heavy (non-hydrogen) atoms. The summed E-state index contributed by atoms with van der Waals surface area (Å²) in [6.45, 7) is 0. The lowest BCUT2D eigenvalue weighted by atomic mass is 10.3. The van der Waals surface area contributed by atoms with Crippen LogP contribution < -0.4 is 4.74 Å². The van der Waals surface area contributed by atoms with Crippen LogP contribution in [0.5, 0.6) is 5.75 Å². The summed E-state index contributed by atoms with van der Waals surface area (Å²) in [5, 5.41) is 4.85. The molecule has 4 rings (SSSR count). The van der Waals surface area contributed by atoms with E-state index in [4.69, 9.17) is 27.9 Å². The lowest BCUT2D eigenvalue weighted by Crippen LogP contribution is -2.12. The van der Waals surface area contributed by atoms with Crippen LogP contribution >= 0.6 is 23.2 Å². The van der Waals surface area contributed by atoms with Crippen LogP contribution in [0.4, 0.5) is 0 Å². The molecule has 1 fully saturated rings. The van der Waals surface area contributed by atoms with E-state index in [1.807, 2.05) is 30.3 Å². The Balaban J connectivity index is 1.68. The molecule has 0 N–H and O–H groups in total. The molecule has 1 aliphatic rings. The second-order valence-corrected chi connectivity index (χ2v) is 6.57.